The SMILES string of the molecule is CC1=NS(=O)(=O)c2cc(C(=O)Nc3ccc(C(C)C)cc3)ccc2N1CC(C)C. The summed E-state index contributed by atoms with van der Waals surface area (Å²) < 4.78 is 29.1. The molecule has 1 amide bonds. The van der Waals surface area contributed by atoms with Gasteiger partial charge in [-0.25, -0.2) is 0 Å². The van der Waals surface area contributed by atoms with Gasteiger partial charge in [0.1, 0.15) is 10.7 Å². The lowest BCUT2D eigenvalue weighted by Gasteiger charge is -2.30. The molecule has 0 fully saturated rings. The van der Waals surface area contributed by atoms with Crippen LogP contribution in [-0.4, -0.2) is 26.7 Å². The number of hydrogen-bond donors (Lipinski definition) is 1. The summed E-state index contributed by atoms with van der Waals surface area (Å²) in [5.41, 5.74) is 2.68. The first-order chi connectivity index (χ1) is 13.6. The molecule has 0 unspecified atom stereocenters. The topological polar surface area (TPSA) is 78.8 Å². The molecule has 0 spiro atoms. The van der Waals surface area contributed by atoms with Gasteiger partial charge in [-0.1, -0.05) is 39.8 Å². The predicted octanol–water partition coefficient (Wildman–Crippen LogP) is 4.65. The van der Waals surface area contributed by atoms with Crippen LogP contribution in [-0.2, 0) is 10.0 Å². The molecule has 0 atom stereocenters. The fourth-order valence-electron chi connectivity index (χ4n) is 3.28. The second-order valence-electron chi connectivity index (χ2n) is 8.03. The largest absolute Gasteiger partial charge is 0.328 e. The van der Waals surface area contributed by atoms with Gasteiger partial charge in [-0.3, -0.25) is 4.79 Å². The number of anilines is 2. The van der Waals surface area contributed by atoms with Gasteiger partial charge in [-0.05, 0) is 54.7 Å². The molecular weight excluding hydrogens is 386 g/mol. The van der Waals surface area contributed by atoms with Crippen LogP contribution in [0.4, 0.5) is 11.4 Å². The summed E-state index contributed by atoms with van der Waals surface area (Å²) in [4.78, 5) is 14.6. The molecular formula is C22H27N3O3S. The third-order valence-electron chi connectivity index (χ3n) is 4.82. The van der Waals surface area contributed by atoms with Crippen LogP contribution in [0.1, 0.15) is 56.5 Å². The molecule has 0 aromatic heterocycles. The monoisotopic (exact) mass is 413 g/mol. The Labute approximate surface area is 172 Å². The molecule has 2 aromatic rings. The third-order valence-corrected chi connectivity index (χ3v) is 6.20. The van der Waals surface area contributed by atoms with Crippen LogP contribution in [0.2, 0.25) is 0 Å². The molecule has 154 valence electrons. The highest BCUT2D eigenvalue weighted by Gasteiger charge is 2.30. The minimum absolute atomic E-state index is 0.0616. The highest BCUT2D eigenvalue weighted by atomic mass is 32.2. The van der Waals surface area contributed by atoms with Gasteiger partial charge >= 0.3 is 0 Å². The van der Waals surface area contributed by atoms with Gasteiger partial charge in [-0.15, -0.1) is 4.40 Å². The number of nitrogens with zero attached hydrogens (tertiary/aromatic N) is 2. The fraction of sp³-hybridized carbons (Fsp3) is 0.364. The average molecular weight is 414 g/mol. The number of nitrogens with one attached hydrogen (secondary N) is 1. The van der Waals surface area contributed by atoms with Gasteiger partial charge in [0.05, 0.1) is 5.69 Å². The number of benzene rings is 2. The van der Waals surface area contributed by atoms with E-state index in [9.17, 15) is 13.2 Å². The van der Waals surface area contributed by atoms with E-state index < -0.39 is 10.0 Å². The van der Waals surface area contributed by atoms with E-state index in [1.165, 1.54) is 11.6 Å². The number of amidine groups is 1. The van der Waals surface area contributed by atoms with Crippen LogP contribution in [0.3, 0.4) is 0 Å². The summed E-state index contributed by atoms with van der Waals surface area (Å²) in [7, 11) is -3.84. The quantitative estimate of drug-likeness (QED) is 0.774. The van der Waals surface area contributed by atoms with E-state index in [1.54, 1.807) is 19.1 Å². The van der Waals surface area contributed by atoms with Crippen molar-refractivity contribution in [1.82, 2.24) is 0 Å². The average Bonchev–Trinajstić information content (AvgIpc) is 2.64. The van der Waals surface area contributed by atoms with E-state index in [1.807, 2.05) is 29.2 Å². The predicted molar refractivity (Wildman–Crippen MR) is 117 cm³/mol. The Morgan fingerprint density at radius 1 is 1.07 bits per heavy atom. The van der Waals surface area contributed by atoms with Crippen molar-refractivity contribution in [3.05, 3.63) is 53.6 Å². The summed E-state index contributed by atoms with van der Waals surface area (Å²) in [6, 6.07) is 12.4. The number of sulfonamides is 1. The smallest absolute Gasteiger partial charge is 0.286 e. The molecule has 3 rings (SSSR count). The molecule has 0 saturated carbocycles. The highest BCUT2D eigenvalue weighted by molar-refractivity contribution is 7.90. The van der Waals surface area contributed by atoms with Gasteiger partial charge in [0, 0.05) is 17.8 Å². The highest BCUT2D eigenvalue weighted by Crippen LogP contribution is 2.33. The number of rotatable bonds is 5. The van der Waals surface area contributed by atoms with Crippen LogP contribution in [0, 0.1) is 5.92 Å². The third kappa shape index (κ3) is 4.50. The number of fused-ring (bicyclic) bond motifs is 1. The Morgan fingerprint density at radius 3 is 2.31 bits per heavy atom. The molecule has 1 aliphatic rings. The summed E-state index contributed by atoms with van der Waals surface area (Å²) in [6.07, 6.45) is 0. The standard InChI is InChI=1S/C22H27N3O3S/c1-14(2)13-25-16(5)24-29(27,28)21-12-18(8-11-20(21)25)22(26)23-19-9-6-17(7-10-19)15(3)4/h6-12,14-15H,13H2,1-5H3,(H,23,26). The zero-order valence-corrected chi connectivity index (χ0v) is 18.2. The molecule has 0 saturated heterocycles. The van der Waals surface area contributed by atoms with Crippen LogP contribution in [0.5, 0.6) is 0 Å². The summed E-state index contributed by atoms with van der Waals surface area (Å²) in [5, 5.41) is 2.83. The van der Waals surface area contributed by atoms with Crippen molar-refractivity contribution >= 4 is 33.1 Å². The maximum atomic E-state index is 12.7. The zero-order chi connectivity index (χ0) is 21.3. The fourth-order valence-corrected chi connectivity index (χ4v) is 4.55. The summed E-state index contributed by atoms with van der Waals surface area (Å²) in [6.45, 7) is 10.7. The van der Waals surface area contributed by atoms with Crippen molar-refractivity contribution in [2.75, 3.05) is 16.8 Å². The molecule has 1 heterocycles. The van der Waals surface area contributed by atoms with Crippen LogP contribution >= 0.6 is 0 Å². The molecule has 1 N–H and O–H groups in total. The Bertz CT molecular complexity index is 1060. The molecule has 0 aliphatic carbocycles. The lowest BCUT2D eigenvalue weighted by atomic mass is 10.0. The van der Waals surface area contributed by atoms with Crippen molar-refractivity contribution in [2.24, 2.45) is 10.3 Å². The number of carbonyl (C=O) groups is 1. The Morgan fingerprint density at radius 2 is 1.72 bits per heavy atom. The van der Waals surface area contributed by atoms with E-state index in [-0.39, 0.29) is 16.4 Å². The number of carbonyl (C=O) groups excluding carboxylic acids is 1. The molecule has 0 bridgehead atoms. The van der Waals surface area contributed by atoms with Gasteiger partial charge in [0.25, 0.3) is 15.9 Å². The normalized spacial score (nSPS) is 15.3. The minimum atomic E-state index is -3.84. The first kappa shape index (κ1) is 21.0. The van der Waals surface area contributed by atoms with E-state index in [0.717, 1.165) is 0 Å². The molecule has 29 heavy (non-hydrogen) atoms. The Hall–Kier alpha value is -2.67. The van der Waals surface area contributed by atoms with Gasteiger partial charge in [0.2, 0.25) is 0 Å². The first-order valence-electron chi connectivity index (χ1n) is 9.73. The van der Waals surface area contributed by atoms with Crippen molar-refractivity contribution in [3.63, 3.8) is 0 Å². The first-order valence-corrected chi connectivity index (χ1v) is 11.2. The zero-order valence-electron chi connectivity index (χ0n) is 17.4. The van der Waals surface area contributed by atoms with Crippen molar-refractivity contribution in [1.29, 1.82) is 0 Å². The maximum Gasteiger partial charge on any atom is 0.286 e. The van der Waals surface area contributed by atoms with Gasteiger partial charge < -0.3 is 10.2 Å². The van der Waals surface area contributed by atoms with Crippen molar-refractivity contribution in [2.45, 2.75) is 45.4 Å². The van der Waals surface area contributed by atoms with E-state index >= 15 is 0 Å². The summed E-state index contributed by atoms with van der Waals surface area (Å²) >= 11 is 0. The second-order valence-corrected chi connectivity index (χ2v) is 9.60. The maximum absolute atomic E-state index is 12.7. The molecule has 2 aromatic carbocycles. The van der Waals surface area contributed by atoms with Gasteiger partial charge in [0.15, 0.2) is 0 Å². The van der Waals surface area contributed by atoms with Crippen LogP contribution in [0.25, 0.3) is 0 Å². The van der Waals surface area contributed by atoms with Gasteiger partial charge in [-0.2, -0.15) is 8.42 Å². The number of hydrogen-bond acceptors (Lipinski definition) is 4. The van der Waals surface area contributed by atoms with E-state index in [4.69, 9.17) is 0 Å². The van der Waals surface area contributed by atoms with Crippen molar-refractivity contribution < 1.29 is 13.2 Å². The van der Waals surface area contributed by atoms with E-state index in [2.05, 4.69) is 37.4 Å². The lowest BCUT2D eigenvalue weighted by molar-refractivity contribution is 0.102. The lowest BCUT2D eigenvalue weighted by Crippen LogP contribution is -2.36. The van der Waals surface area contributed by atoms with Crippen LogP contribution in [0.15, 0.2) is 51.8 Å². The minimum Gasteiger partial charge on any atom is -0.328 e. The molecule has 1 aliphatic heterocycles. The molecule has 7 heteroatoms. The molecule has 0 radical (unpaired) electrons. The van der Waals surface area contributed by atoms with Crippen LogP contribution < -0.4 is 10.2 Å². The Kier molecular flexibility index (Phi) is 5.80. The summed E-state index contributed by atoms with van der Waals surface area (Å²) in [5.74, 6) is 0.810. The van der Waals surface area contributed by atoms with Crippen molar-refractivity contribution in [3.8, 4) is 0 Å². The Balaban J connectivity index is 1.90. The number of amides is 1. The molecule has 6 nitrogen and oxygen atoms in total. The van der Waals surface area contributed by atoms with E-state index in [0.29, 0.717) is 35.6 Å². The second kappa shape index (κ2) is 7.99.